The summed E-state index contributed by atoms with van der Waals surface area (Å²) in [6.45, 7) is 0. The Kier molecular flexibility index (Phi) is 4.90. The van der Waals surface area contributed by atoms with Gasteiger partial charge < -0.3 is 10.2 Å². The molecule has 130 valence electrons. The zero-order chi connectivity index (χ0) is 18.7. The van der Waals surface area contributed by atoms with Crippen LogP contribution in [0.3, 0.4) is 0 Å². The maximum Gasteiger partial charge on any atom is 0.290 e. The molecule has 26 heavy (non-hydrogen) atoms. The SMILES string of the molecule is O=C1NC(=O)/C(=C/c2ccc(/C=C/C(=O)c3ccc(O)cc3O)cc2)S1. The lowest BCUT2D eigenvalue weighted by molar-refractivity contribution is -0.115. The summed E-state index contributed by atoms with van der Waals surface area (Å²) in [5.41, 5.74) is 1.59. The lowest BCUT2D eigenvalue weighted by Crippen LogP contribution is -2.17. The third kappa shape index (κ3) is 4.01. The summed E-state index contributed by atoms with van der Waals surface area (Å²) in [5.74, 6) is -1.22. The van der Waals surface area contributed by atoms with Crippen molar-refractivity contribution in [2.24, 2.45) is 0 Å². The normalized spacial score (nSPS) is 15.6. The van der Waals surface area contributed by atoms with Crippen LogP contribution >= 0.6 is 11.8 Å². The minimum absolute atomic E-state index is 0.0920. The summed E-state index contributed by atoms with van der Waals surface area (Å²) in [4.78, 5) is 35.1. The molecule has 0 atom stereocenters. The molecule has 1 saturated heterocycles. The van der Waals surface area contributed by atoms with Gasteiger partial charge in [-0.15, -0.1) is 0 Å². The topological polar surface area (TPSA) is 104 Å². The Hall–Kier alpha value is -3.32. The third-order valence-corrected chi connectivity index (χ3v) is 4.36. The fourth-order valence-electron chi connectivity index (χ4n) is 2.27. The number of ketones is 1. The van der Waals surface area contributed by atoms with E-state index in [1.54, 1.807) is 36.4 Å². The van der Waals surface area contributed by atoms with E-state index in [9.17, 15) is 24.6 Å². The first-order valence-corrected chi connectivity index (χ1v) is 8.33. The molecule has 3 rings (SSSR count). The summed E-state index contributed by atoms with van der Waals surface area (Å²) in [5, 5.41) is 20.7. The van der Waals surface area contributed by atoms with Gasteiger partial charge in [-0.05, 0) is 47.2 Å². The Labute approximate surface area is 152 Å². The van der Waals surface area contributed by atoms with E-state index in [1.807, 2.05) is 0 Å². The Morgan fingerprint density at radius 1 is 1.00 bits per heavy atom. The smallest absolute Gasteiger partial charge is 0.290 e. The fourth-order valence-corrected chi connectivity index (χ4v) is 2.95. The average molecular weight is 367 g/mol. The molecule has 1 aliphatic heterocycles. The molecule has 1 aliphatic rings. The molecule has 0 bridgehead atoms. The number of hydrogen-bond donors (Lipinski definition) is 3. The Morgan fingerprint density at radius 3 is 2.31 bits per heavy atom. The standard InChI is InChI=1S/C19H13NO5S/c21-13-6-7-14(16(23)10-13)15(22)8-5-11-1-3-12(4-2-11)9-17-18(24)20-19(25)26-17/h1-10,21,23H,(H,20,24,25)/b8-5+,17-9-. The van der Waals surface area contributed by atoms with Gasteiger partial charge in [-0.1, -0.05) is 30.3 Å². The fraction of sp³-hybridized carbons (Fsp3) is 0. The van der Waals surface area contributed by atoms with Gasteiger partial charge in [0, 0.05) is 6.07 Å². The lowest BCUT2D eigenvalue weighted by atomic mass is 10.1. The van der Waals surface area contributed by atoms with Crippen LogP contribution in [0.25, 0.3) is 12.2 Å². The molecule has 7 heteroatoms. The highest BCUT2D eigenvalue weighted by Gasteiger charge is 2.24. The second kappa shape index (κ2) is 7.28. The van der Waals surface area contributed by atoms with Crippen molar-refractivity contribution in [1.29, 1.82) is 0 Å². The molecule has 0 spiro atoms. The van der Waals surface area contributed by atoms with Gasteiger partial charge in [0.05, 0.1) is 10.5 Å². The van der Waals surface area contributed by atoms with Gasteiger partial charge in [0.2, 0.25) is 0 Å². The molecule has 1 fully saturated rings. The van der Waals surface area contributed by atoms with E-state index in [-0.39, 0.29) is 17.1 Å². The average Bonchev–Trinajstić information content (AvgIpc) is 2.91. The summed E-state index contributed by atoms with van der Waals surface area (Å²) in [6.07, 6.45) is 4.52. The maximum atomic E-state index is 12.1. The highest BCUT2D eigenvalue weighted by atomic mass is 32.2. The van der Waals surface area contributed by atoms with Crippen LogP contribution in [-0.2, 0) is 4.79 Å². The van der Waals surface area contributed by atoms with Gasteiger partial charge in [0.1, 0.15) is 11.5 Å². The number of hydrogen-bond acceptors (Lipinski definition) is 6. The minimum Gasteiger partial charge on any atom is -0.508 e. The number of benzene rings is 2. The third-order valence-electron chi connectivity index (χ3n) is 3.55. The number of imide groups is 1. The molecule has 0 saturated carbocycles. The zero-order valence-corrected chi connectivity index (χ0v) is 14.1. The highest BCUT2D eigenvalue weighted by molar-refractivity contribution is 8.18. The van der Waals surface area contributed by atoms with Crippen molar-refractivity contribution in [2.75, 3.05) is 0 Å². The number of rotatable bonds is 4. The Bertz CT molecular complexity index is 960. The van der Waals surface area contributed by atoms with Crippen LogP contribution in [0, 0.1) is 0 Å². The molecule has 0 unspecified atom stereocenters. The van der Waals surface area contributed by atoms with Gasteiger partial charge in [-0.2, -0.15) is 0 Å². The van der Waals surface area contributed by atoms with E-state index in [0.29, 0.717) is 4.91 Å². The number of thioether (sulfide) groups is 1. The van der Waals surface area contributed by atoms with Crippen LogP contribution in [-0.4, -0.2) is 27.1 Å². The number of phenols is 2. The number of phenolic OH excluding ortho intramolecular Hbond substituents is 2. The van der Waals surface area contributed by atoms with Crippen LogP contribution in [0.5, 0.6) is 11.5 Å². The Balaban J connectivity index is 1.72. The number of nitrogens with one attached hydrogen (secondary N) is 1. The molecule has 3 N–H and O–H groups in total. The van der Waals surface area contributed by atoms with Crippen LogP contribution < -0.4 is 5.32 Å². The van der Waals surface area contributed by atoms with Crippen molar-refractivity contribution >= 4 is 40.8 Å². The van der Waals surface area contributed by atoms with Gasteiger partial charge in [-0.25, -0.2) is 0 Å². The molecule has 0 radical (unpaired) electrons. The van der Waals surface area contributed by atoms with E-state index >= 15 is 0 Å². The first-order valence-electron chi connectivity index (χ1n) is 7.52. The van der Waals surface area contributed by atoms with Crippen LogP contribution in [0.4, 0.5) is 4.79 Å². The van der Waals surface area contributed by atoms with Crippen LogP contribution in [0.15, 0.2) is 53.4 Å². The summed E-state index contributed by atoms with van der Waals surface area (Å²) in [7, 11) is 0. The van der Waals surface area contributed by atoms with E-state index in [4.69, 9.17) is 0 Å². The van der Waals surface area contributed by atoms with E-state index in [0.717, 1.165) is 29.0 Å². The van der Waals surface area contributed by atoms with Crippen molar-refractivity contribution in [3.63, 3.8) is 0 Å². The van der Waals surface area contributed by atoms with Crippen molar-refractivity contribution < 1.29 is 24.6 Å². The maximum absolute atomic E-state index is 12.1. The summed E-state index contributed by atoms with van der Waals surface area (Å²) < 4.78 is 0. The molecule has 2 amide bonds. The molecule has 0 aliphatic carbocycles. The van der Waals surface area contributed by atoms with Crippen molar-refractivity contribution in [3.05, 3.63) is 70.1 Å². The number of carbonyl (C=O) groups excluding carboxylic acids is 3. The highest BCUT2D eigenvalue weighted by Crippen LogP contribution is 2.26. The lowest BCUT2D eigenvalue weighted by Gasteiger charge is -2.01. The predicted molar refractivity (Wildman–Crippen MR) is 98.7 cm³/mol. The molecular weight excluding hydrogens is 354 g/mol. The number of allylic oxidation sites excluding steroid dienone is 1. The molecular formula is C19H13NO5S. The molecule has 6 nitrogen and oxygen atoms in total. The van der Waals surface area contributed by atoms with Crippen molar-refractivity contribution in [2.45, 2.75) is 0 Å². The molecule has 1 heterocycles. The molecule has 2 aromatic rings. The quantitative estimate of drug-likeness (QED) is 0.566. The first-order chi connectivity index (χ1) is 12.4. The summed E-state index contributed by atoms with van der Waals surface area (Å²) in [6, 6.07) is 10.8. The van der Waals surface area contributed by atoms with Gasteiger partial charge >= 0.3 is 0 Å². The van der Waals surface area contributed by atoms with E-state index in [1.165, 1.54) is 18.2 Å². The van der Waals surface area contributed by atoms with Crippen LogP contribution in [0.2, 0.25) is 0 Å². The monoisotopic (exact) mass is 367 g/mol. The molecule has 2 aromatic carbocycles. The van der Waals surface area contributed by atoms with Crippen LogP contribution in [0.1, 0.15) is 21.5 Å². The predicted octanol–water partition coefficient (Wildman–Crippen LogP) is 3.32. The molecule has 0 aromatic heterocycles. The van der Waals surface area contributed by atoms with Crippen molar-refractivity contribution in [3.8, 4) is 11.5 Å². The zero-order valence-electron chi connectivity index (χ0n) is 13.3. The number of carbonyl (C=O) groups is 3. The van der Waals surface area contributed by atoms with Gasteiger partial charge in [-0.3, -0.25) is 19.7 Å². The largest absolute Gasteiger partial charge is 0.508 e. The van der Waals surface area contributed by atoms with Gasteiger partial charge in [0.25, 0.3) is 11.1 Å². The minimum atomic E-state index is -0.414. The van der Waals surface area contributed by atoms with Crippen molar-refractivity contribution in [1.82, 2.24) is 5.32 Å². The van der Waals surface area contributed by atoms with Gasteiger partial charge in [0.15, 0.2) is 5.78 Å². The second-order valence-corrected chi connectivity index (χ2v) is 6.43. The first kappa shape index (κ1) is 17.5. The number of aromatic hydroxyl groups is 2. The second-order valence-electron chi connectivity index (χ2n) is 5.42. The van der Waals surface area contributed by atoms with E-state index < -0.39 is 16.9 Å². The number of amides is 2. The summed E-state index contributed by atoms with van der Waals surface area (Å²) >= 11 is 0.848. The van der Waals surface area contributed by atoms with E-state index in [2.05, 4.69) is 5.32 Å². The Morgan fingerprint density at radius 2 is 1.69 bits per heavy atom.